The first-order chi connectivity index (χ1) is 7.56. The van der Waals surface area contributed by atoms with E-state index in [1.165, 1.54) is 11.8 Å². The summed E-state index contributed by atoms with van der Waals surface area (Å²) in [6.45, 7) is 1.80. The summed E-state index contributed by atoms with van der Waals surface area (Å²) in [5.41, 5.74) is 7.11. The smallest absolute Gasteiger partial charge is 0.223 e. The minimum Gasteiger partial charge on any atom is -0.395 e. The van der Waals surface area contributed by atoms with Crippen LogP contribution in [0.4, 0.5) is 5.69 Å². The lowest BCUT2D eigenvalue weighted by Gasteiger charge is -2.05. The van der Waals surface area contributed by atoms with E-state index in [1.54, 1.807) is 17.8 Å². The van der Waals surface area contributed by atoms with E-state index >= 15 is 0 Å². The third-order valence-corrected chi connectivity index (χ3v) is 3.09. The maximum atomic E-state index is 5.87. The summed E-state index contributed by atoms with van der Waals surface area (Å²) in [5.74, 6) is 0. The van der Waals surface area contributed by atoms with Crippen molar-refractivity contribution in [2.24, 2.45) is 7.05 Å². The highest BCUT2D eigenvalue weighted by molar-refractivity contribution is 7.99. The zero-order valence-corrected chi connectivity index (χ0v) is 10.4. The molecule has 2 aromatic rings. The molecule has 0 spiro atoms. The topological polar surface area (TPSA) is 69.6 Å². The van der Waals surface area contributed by atoms with Gasteiger partial charge in [-0.2, -0.15) is 5.10 Å². The minimum atomic E-state index is 0.207. The van der Waals surface area contributed by atoms with Gasteiger partial charge >= 0.3 is 0 Å². The highest BCUT2D eigenvalue weighted by atomic mass is 35.5. The number of nitrogens with zero attached hydrogens (tertiary/aromatic N) is 4. The van der Waals surface area contributed by atoms with Gasteiger partial charge in [-0.3, -0.25) is 4.68 Å². The van der Waals surface area contributed by atoms with Gasteiger partial charge in [0.05, 0.1) is 22.5 Å². The van der Waals surface area contributed by atoms with Gasteiger partial charge in [-0.1, -0.05) is 11.8 Å². The van der Waals surface area contributed by atoms with Crippen LogP contribution in [0.15, 0.2) is 22.3 Å². The summed E-state index contributed by atoms with van der Waals surface area (Å²) < 4.78 is 1.72. The SMILES string of the molecule is Cc1nc(Cl)nc(Sc2cnn(C)c2)c1N. The summed E-state index contributed by atoms with van der Waals surface area (Å²) in [7, 11) is 1.85. The molecular formula is C9H10ClN5S. The quantitative estimate of drug-likeness (QED) is 0.656. The van der Waals surface area contributed by atoms with Crippen molar-refractivity contribution in [3.8, 4) is 0 Å². The first-order valence-corrected chi connectivity index (χ1v) is 5.72. The van der Waals surface area contributed by atoms with E-state index in [1.807, 2.05) is 13.2 Å². The molecule has 16 heavy (non-hydrogen) atoms. The second kappa shape index (κ2) is 4.31. The number of hydrogen-bond donors (Lipinski definition) is 1. The highest BCUT2D eigenvalue weighted by Crippen LogP contribution is 2.31. The van der Waals surface area contributed by atoms with Crippen LogP contribution in [-0.2, 0) is 7.05 Å². The molecule has 0 radical (unpaired) electrons. The fourth-order valence-corrected chi connectivity index (χ4v) is 2.34. The Labute approximate surface area is 102 Å². The predicted octanol–water partition coefficient (Wildman–Crippen LogP) is 1.91. The molecule has 84 valence electrons. The Morgan fingerprint density at radius 3 is 2.81 bits per heavy atom. The van der Waals surface area contributed by atoms with Crippen molar-refractivity contribution in [1.29, 1.82) is 0 Å². The largest absolute Gasteiger partial charge is 0.395 e. The molecule has 5 nitrogen and oxygen atoms in total. The van der Waals surface area contributed by atoms with E-state index in [4.69, 9.17) is 17.3 Å². The van der Waals surface area contributed by atoms with Crippen molar-refractivity contribution in [3.05, 3.63) is 23.4 Å². The normalized spacial score (nSPS) is 10.7. The summed E-state index contributed by atoms with van der Waals surface area (Å²) >= 11 is 7.20. The molecule has 0 bridgehead atoms. The molecule has 0 amide bonds. The molecule has 7 heteroatoms. The van der Waals surface area contributed by atoms with Gasteiger partial charge in [-0.25, -0.2) is 9.97 Å². The van der Waals surface area contributed by atoms with Crippen LogP contribution in [0.3, 0.4) is 0 Å². The Morgan fingerprint density at radius 2 is 2.19 bits per heavy atom. The van der Waals surface area contributed by atoms with Crippen LogP contribution in [0.25, 0.3) is 0 Å². The van der Waals surface area contributed by atoms with Gasteiger partial charge in [0.25, 0.3) is 0 Å². The molecular weight excluding hydrogens is 246 g/mol. The molecule has 0 aliphatic heterocycles. The lowest BCUT2D eigenvalue weighted by atomic mass is 10.4. The third kappa shape index (κ3) is 2.28. The molecule has 0 aliphatic carbocycles. The standard InChI is InChI=1S/C9H10ClN5S/c1-5-7(11)8(14-9(10)13-5)16-6-3-12-15(2)4-6/h3-4H,11H2,1-2H3. The van der Waals surface area contributed by atoms with Gasteiger partial charge in [0.2, 0.25) is 5.28 Å². The number of hydrogen-bond acceptors (Lipinski definition) is 5. The molecule has 2 aromatic heterocycles. The van der Waals surface area contributed by atoms with Crippen LogP contribution in [-0.4, -0.2) is 19.7 Å². The van der Waals surface area contributed by atoms with Crippen LogP contribution >= 0.6 is 23.4 Å². The second-order valence-electron chi connectivity index (χ2n) is 3.25. The third-order valence-electron chi connectivity index (χ3n) is 1.97. The Hall–Kier alpha value is -1.27. The Morgan fingerprint density at radius 1 is 1.44 bits per heavy atom. The average Bonchev–Trinajstić information content (AvgIpc) is 2.60. The van der Waals surface area contributed by atoms with Crippen molar-refractivity contribution in [1.82, 2.24) is 19.7 Å². The van der Waals surface area contributed by atoms with Gasteiger partial charge in [0, 0.05) is 13.2 Å². The van der Waals surface area contributed by atoms with Gasteiger partial charge in [-0.15, -0.1) is 0 Å². The summed E-state index contributed by atoms with van der Waals surface area (Å²) in [4.78, 5) is 9.03. The van der Waals surface area contributed by atoms with Crippen molar-refractivity contribution >= 4 is 29.1 Å². The number of aryl methyl sites for hydroxylation is 2. The number of nitrogens with two attached hydrogens (primary N) is 1. The number of aromatic nitrogens is 4. The van der Waals surface area contributed by atoms with Crippen LogP contribution in [0, 0.1) is 6.92 Å². The molecule has 0 atom stereocenters. The van der Waals surface area contributed by atoms with Crippen molar-refractivity contribution < 1.29 is 0 Å². The van der Waals surface area contributed by atoms with Crippen molar-refractivity contribution in [2.75, 3.05) is 5.73 Å². The number of halogens is 1. The molecule has 0 aromatic carbocycles. The highest BCUT2D eigenvalue weighted by Gasteiger charge is 2.10. The van der Waals surface area contributed by atoms with Crippen LogP contribution < -0.4 is 5.73 Å². The van der Waals surface area contributed by atoms with E-state index in [9.17, 15) is 0 Å². The molecule has 2 N–H and O–H groups in total. The number of anilines is 1. The molecule has 2 heterocycles. The molecule has 0 saturated heterocycles. The first-order valence-electron chi connectivity index (χ1n) is 4.52. The van der Waals surface area contributed by atoms with E-state index < -0.39 is 0 Å². The van der Waals surface area contributed by atoms with E-state index in [0.29, 0.717) is 16.4 Å². The lowest BCUT2D eigenvalue weighted by molar-refractivity contribution is 0.766. The summed E-state index contributed by atoms with van der Waals surface area (Å²) in [6.07, 6.45) is 3.63. The second-order valence-corrected chi connectivity index (χ2v) is 4.65. The average molecular weight is 256 g/mol. The van der Waals surface area contributed by atoms with Crippen LogP contribution in [0.2, 0.25) is 5.28 Å². The van der Waals surface area contributed by atoms with Gasteiger partial charge in [0.15, 0.2) is 0 Å². The molecule has 2 rings (SSSR count). The Kier molecular flexibility index (Phi) is 3.02. The monoisotopic (exact) mass is 255 g/mol. The van der Waals surface area contributed by atoms with Gasteiger partial charge in [0.1, 0.15) is 5.03 Å². The van der Waals surface area contributed by atoms with Crippen molar-refractivity contribution in [2.45, 2.75) is 16.8 Å². The maximum absolute atomic E-state index is 5.87. The Bertz CT molecular complexity index is 525. The van der Waals surface area contributed by atoms with Gasteiger partial charge < -0.3 is 5.73 Å². The summed E-state index contributed by atoms with van der Waals surface area (Å²) in [6, 6.07) is 0. The minimum absolute atomic E-state index is 0.207. The van der Waals surface area contributed by atoms with E-state index in [0.717, 1.165) is 4.90 Å². The molecule has 0 aliphatic rings. The molecule has 0 saturated carbocycles. The molecule has 0 unspecified atom stereocenters. The van der Waals surface area contributed by atoms with Crippen LogP contribution in [0.5, 0.6) is 0 Å². The fourth-order valence-electron chi connectivity index (χ4n) is 1.16. The zero-order chi connectivity index (χ0) is 11.7. The van der Waals surface area contributed by atoms with Crippen molar-refractivity contribution in [3.63, 3.8) is 0 Å². The maximum Gasteiger partial charge on any atom is 0.223 e. The van der Waals surface area contributed by atoms with E-state index in [-0.39, 0.29) is 5.28 Å². The zero-order valence-electron chi connectivity index (χ0n) is 8.81. The number of rotatable bonds is 2. The van der Waals surface area contributed by atoms with Crippen LogP contribution in [0.1, 0.15) is 5.69 Å². The fraction of sp³-hybridized carbons (Fsp3) is 0.222. The lowest BCUT2D eigenvalue weighted by Crippen LogP contribution is -1.99. The summed E-state index contributed by atoms with van der Waals surface area (Å²) in [5, 5.41) is 4.93. The first kappa shape index (κ1) is 11.2. The Balaban J connectivity index is 2.34. The number of nitrogen functional groups attached to an aromatic ring is 1. The predicted molar refractivity (Wildman–Crippen MR) is 63.5 cm³/mol. The van der Waals surface area contributed by atoms with E-state index in [2.05, 4.69) is 15.1 Å². The van der Waals surface area contributed by atoms with Gasteiger partial charge in [-0.05, 0) is 18.5 Å². The molecule has 0 fully saturated rings.